The average molecular weight is 386 g/mol. The average Bonchev–Trinajstić information content (AvgIpc) is 3.14. The Morgan fingerprint density at radius 3 is 2.86 bits per heavy atom. The molecule has 0 spiro atoms. The standard InChI is InChI=1S/C23H18N2O4/c1-23(28)18-8-4-5-9-19(18)25(22(23)27)15-10-14(12-24-13-15)11-20-16-6-2-3-7-17(16)21(26)29-20/h2-7,9-13,18,28H,8H2,1H3. The number of carbonyl (C=O) groups is 2. The molecule has 2 unspecified atom stereocenters. The van der Waals surface area contributed by atoms with Gasteiger partial charge in [-0.1, -0.05) is 30.4 Å². The molecule has 1 N–H and O–H groups in total. The van der Waals surface area contributed by atoms with E-state index in [4.69, 9.17) is 4.74 Å². The molecule has 2 aromatic rings. The number of hydrogen-bond acceptors (Lipinski definition) is 5. The number of ether oxygens (including phenoxy) is 1. The smallest absolute Gasteiger partial charge is 0.344 e. The number of amides is 1. The largest absolute Gasteiger partial charge is 0.422 e. The number of nitrogens with zero attached hydrogens (tertiary/aromatic N) is 2. The number of pyridine rings is 1. The predicted octanol–water partition coefficient (Wildman–Crippen LogP) is 3.31. The predicted molar refractivity (Wildman–Crippen MR) is 107 cm³/mol. The first-order valence-electron chi connectivity index (χ1n) is 9.39. The van der Waals surface area contributed by atoms with Crippen molar-refractivity contribution in [3.8, 4) is 0 Å². The van der Waals surface area contributed by atoms with Gasteiger partial charge in [0.15, 0.2) is 0 Å². The lowest BCUT2D eigenvalue weighted by Crippen LogP contribution is -2.40. The van der Waals surface area contributed by atoms with E-state index in [0.717, 1.165) is 11.3 Å². The highest BCUT2D eigenvalue weighted by molar-refractivity contribution is 6.07. The van der Waals surface area contributed by atoms with Crippen molar-refractivity contribution in [2.75, 3.05) is 4.90 Å². The van der Waals surface area contributed by atoms with Crippen LogP contribution in [0.3, 0.4) is 0 Å². The summed E-state index contributed by atoms with van der Waals surface area (Å²) in [5.41, 5.74) is 1.78. The molecule has 1 amide bonds. The van der Waals surface area contributed by atoms with Gasteiger partial charge in [-0.2, -0.15) is 0 Å². The zero-order valence-corrected chi connectivity index (χ0v) is 15.7. The summed E-state index contributed by atoms with van der Waals surface area (Å²) in [6.45, 7) is 1.56. The molecule has 2 atom stereocenters. The molecule has 1 aromatic heterocycles. The molecule has 29 heavy (non-hydrogen) atoms. The number of hydrogen-bond donors (Lipinski definition) is 1. The van der Waals surface area contributed by atoms with Crippen molar-refractivity contribution in [1.82, 2.24) is 4.98 Å². The van der Waals surface area contributed by atoms with E-state index >= 15 is 0 Å². The van der Waals surface area contributed by atoms with Gasteiger partial charge in [-0.25, -0.2) is 4.79 Å². The van der Waals surface area contributed by atoms with Crippen molar-refractivity contribution >= 4 is 29.4 Å². The lowest BCUT2D eigenvalue weighted by atomic mass is 9.85. The molecule has 3 aliphatic rings. The quantitative estimate of drug-likeness (QED) is 0.801. The van der Waals surface area contributed by atoms with E-state index in [2.05, 4.69) is 4.98 Å². The number of rotatable bonds is 2. The SMILES string of the molecule is CC1(O)C(=O)N(c2cncc(C=C3OC(=O)c4ccccc43)c2)C2=CC=CCC21. The van der Waals surface area contributed by atoms with E-state index in [1.54, 1.807) is 43.6 Å². The Morgan fingerprint density at radius 1 is 1.24 bits per heavy atom. The Morgan fingerprint density at radius 2 is 2.03 bits per heavy atom. The maximum atomic E-state index is 13.0. The van der Waals surface area contributed by atoms with Crippen molar-refractivity contribution in [3.05, 3.63) is 83.3 Å². The first kappa shape index (κ1) is 17.6. The van der Waals surface area contributed by atoms with E-state index < -0.39 is 5.60 Å². The molecule has 0 saturated carbocycles. The third-order valence-electron chi connectivity index (χ3n) is 5.62. The molecule has 5 rings (SSSR count). The van der Waals surface area contributed by atoms with Gasteiger partial charge in [0.1, 0.15) is 11.4 Å². The molecule has 144 valence electrons. The Bertz CT molecular complexity index is 1140. The summed E-state index contributed by atoms with van der Waals surface area (Å²) in [7, 11) is 0. The lowest BCUT2D eigenvalue weighted by molar-refractivity contribution is -0.134. The number of carbonyl (C=O) groups excluding carboxylic acids is 2. The van der Waals surface area contributed by atoms with Crippen molar-refractivity contribution in [2.45, 2.75) is 18.9 Å². The number of allylic oxidation sites excluding steroid dienone is 3. The molecule has 6 heteroatoms. The van der Waals surface area contributed by atoms with Crippen LogP contribution in [-0.2, 0) is 9.53 Å². The number of fused-ring (bicyclic) bond motifs is 2. The van der Waals surface area contributed by atoms with Crippen LogP contribution in [0.5, 0.6) is 0 Å². The molecule has 1 aliphatic carbocycles. The van der Waals surface area contributed by atoms with Crippen molar-refractivity contribution < 1.29 is 19.4 Å². The van der Waals surface area contributed by atoms with Crippen LogP contribution in [0.2, 0.25) is 0 Å². The fraction of sp³-hybridized carbons (Fsp3) is 0.174. The third-order valence-corrected chi connectivity index (χ3v) is 5.62. The molecule has 1 saturated heterocycles. The van der Waals surface area contributed by atoms with Crippen molar-refractivity contribution in [3.63, 3.8) is 0 Å². The van der Waals surface area contributed by atoms with Crippen LogP contribution < -0.4 is 4.90 Å². The number of benzene rings is 1. The Kier molecular flexibility index (Phi) is 3.79. The first-order chi connectivity index (χ1) is 14.0. The van der Waals surface area contributed by atoms with Crippen molar-refractivity contribution in [2.24, 2.45) is 5.92 Å². The van der Waals surface area contributed by atoms with Crippen LogP contribution in [0.15, 0.2) is 66.7 Å². The highest BCUT2D eigenvalue weighted by Crippen LogP contribution is 2.44. The molecule has 1 fully saturated rings. The maximum Gasteiger partial charge on any atom is 0.344 e. The Labute approximate surface area is 167 Å². The van der Waals surface area contributed by atoms with Gasteiger partial charge in [0.2, 0.25) is 0 Å². The van der Waals surface area contributed by atoms with Gasteiger partial charge < -0.3 is 9.84 Å². The number of cyclic esters (lactones) is 1. The molecule has 1 aromatic carbocycles. The highest BCUT2D eigenvalue weighted by Gasteiger charge is 2.53. The number of aliphatic hydroxyl groups is 1. The second kappa shape index (κ2) is 6.25. The van der Waals surface area contributed by atoms with E-state index in [1.807, 2.05) is 30.4 Å². The summed E-state index contributed by atoms with van der Waals surface area (Å²) in [4.78, 5) is 30.8. The Balaban J connectivity index is 1.55. The second-order valence-corrected chi connectivity index (χ2v) is 7.52. The van der Waals surface area contributed by atoms with E-state index in [-0.39, 0.29) is 17.8 Å². The fourth-order valence-electron chi connectivity index (χ4n) is 4.12. The van der Waals surface area contributed by atoms with Crippen molar-refractivity contribution in [1.29, 1.82) is 0 Å². The summed E-state index contributed by atoms with van der Waals surface area (Å²) < 4.78 is 5.39. The maximum absolute atomic E-state index is 13.0. The van der Waals surface area contributed by atoms with E-state index in [1.165, 1.54) is 4.90 Å². The second-order valence-electron chi connectivity index (χ2n) is 7.52. The molecule has 2 aliphatic heterocycles. The minimum atomic E-state index is -1.47. The topological polar surface area (TPSA) is 79.7 Å². The van der Waals surface area contributed by atoms with Gasteiger partial charge in [0, 0.05) is 23.4 Å². The highest BCUT2D eigenvalue weighted by atomic mass is 16.5. The summed E-state index contributed by atoms with van der Waals surface area (Å²) >= 11 is 0. The van der Waals surface area contributed by atoms with E-state index in [0.29, 0.717) is 29.0 Å². The summed E-state index contributed by atoms with van der Waals surface area (Å²) in [6, 6.07) is 8.98. The van der Waals surface area contributed by atoms with Gasteiger partial charge >= 0.3 is 5.97 Å². The van der Waals surface area contributed by atoms with Crippen LogP contribution in [0.1, 0.15) is 34.8 Å². The summed E-state index contributed by atoms with van der Waals surface area (Å²) in [5, 5.41) is 10.8. The van der Waals surface area contributed by atoms with Crippen LogP contribution in [0.25, 0.3) is 11.8 Å². The van der Waals surface area contributed by atoms with E-state index in [9.17, 15) is 14.7 Å². The van der Waals surface area contributed by atoms with Gasteiger partial charge in [-0.15, -0.1) is 0 Å². The van der Waals surface area contributed by atoms with Gasteiger partial charge in [-0.3, -0.25) is 14.7 Å². The number of esters is 1. The van der Waals surface area contributed by atoms with Crippen LogP contribution in [-0.4, -0.2) is 27.6 Å². The monoisotopic (exact) mass is 386 g/mol. The first-order valence-corrected chi connectivity index (χ1v) is 9.39. The minimum absolute atomic E-state index is 0.287. The Hall–Kier alpha value is -3.51. The zero-order chi connectivity index (χ0) is 20.2. The third kappa shape index (κ3) is 2.64. The zero-order valence-electron chi connectivity index (χ0n) is 15.7. The lowest BCUT2D eigenvalue weighted by Gasteiger charge is -2.22. The molecule has 0 radical (unpaired) electrons. The molecule has 0 bridgehead atoms. The van der Waals surface area contributed by atoms with Crippen LogP contribution in [0, 0.1) is 5.92 Å². The van der Waals surface area contributed by atoms with Gasteiger partial charge in [0.25, 0.3) is 5.91 Å². The van der Waals surface area contributed by atoms with Gasteiger partial charge in [0.05, 0.1) is 17.4 Å². The van der Waals surface area contributed by atoms with Gasteiger partial charge in [-0.05, 0) is 43.2 Å². The summed E-state index contributed by atoms with van der Waals surface area (Å²) in [6.07, 6.45) is 11.2. The molecule has 6 nitrogen and oxygen atoms in total. The minimum Gasteiger partial charge on any atom is -0.422 e. The molecular weight excluding hydrogens is 368 g/mol. The number of aromatic nitrogens is 1. The van der Waals surface area contributed by atoms with Crippen LogP contribution in [0.4, 0.5) is 5.69 Å². The molecular formula is C23H18N2O4. The summed E-state index contributed by atoms with van der Waals surface area (Å²) in [5.74, 6) is -0.600. The normalized spacial score (nSPS) is 26.4. The number of anilines is 1. The molecule has 3 heterocycles. The van der Waals surface area contributed by atoms with Crippen LogP contribution >= 0.6 is 0 Å². The fourth-order valence-corrected chi connectivity index (χ4v) is 4.12.